The predicted octanol–water partition coefficient (Wildman–Crippen LogP) is 3.54. The molecule has 0 saturated carbocycles. The number of rotatable bonds is 16. The highest BCUT2D eigenvalue weighted by Crippen LogP contribution is 2.27. The Labute approximate surface area is 475 Å². The quantitative estimate of drug-likeness (QED) is 0.106. The second-order valence-electron chi connectivity index (χ2n) is 23.2. The third-order valence-corrected chi connectivity index (χ3v) is 15.7. The van der Waals surface area contributed by atoms with Crippen LogP contribution in [0.3, 0.4) is 0 Å². The van der Waals surface area contributed by atoms with E-state index in [1.807, 2.05) is 27.7 Å². The van der Waals surface area contributed by atoms with Crippen molar-refractivity contribution in [1.29, 1.82) is 0 Å². The van der Waals surface area contributed by atoms with Crippen LogP contribution >= 0.6 is 0 Å². The Morgan fingerprint density at radius 1 is 0.802 bits per heavy atom. The van der Waals surface area contributed by atoms with E-state index in [0.717, 1.165) is 6.92 Å². The number of likely N-dealkylation sites (tertiary alicyclic amines) is 1. The van der Waals surface area contributed by atoms with E-state index < -0.39 is 138 Å². The topological polar surface area (TPSA) is 276 Å². The van der Waals surface area contributed by atoms with Crippen LogP contribution in [0.15, 0.2) is 54.6 Å². The van der Waals surface area contributed by atoms with Gasteiger partial charge < -0.3 is 50.1 Å². The molecule has 444 valence electrons. The first-order valence-corrected chi connectivity index (χ1v) is 28.5. The molecule has 3 fully saturated rings. The summed E-state index contributed by atoms with van der Waals surface area (Å²) in [5.41, 5.74) is 1.31. The van der Waals surface area contributed by atoms with Gasteiger partial charge in [0, 0.05) is 51.7 Å². The molecule has 7 amide bonds. The summed E-state index contributed by atoms with van der Waals surface area (Å²) in [7, 11) is 2.77. The summed E-state index contributed by atoms with van der Waals surface area (Å²) in [6.45, 7) is 16.9. The van der Waals surface area contributed by atoms with E-state index in [9.17, 15) is 48.3 Å². The van der Waals surface area contributed by atoms with Crippen molar-refractivity contribution in [3.05, 3.63) is 71.3 Å². The Morgan fingerprint density at radius 2 is 1.43 bits per heavy atom. The van der Waals surface area contributed by atoms with Gasteiger partial charge in [-0.25, -0.2) is 4.79 Å². The van der Waals surface area contributed by atoms with E-state index in [2.05, 4.69) is 16.0 Å². The summed E-state index contributed by atoms with van der Waals surface area (Å²) in [5, 5.41) is 20.2. The number of ketones is 2. The maximum atomic E-state index is 15.1. The number of fused-ring (bicyclic) bond motifs is 1. The molecule has 4 N–H and O–H groups in total. The summed E-state index contributed by atoms with van der Waals surface area (Å²) in [5.74, 6) is -9.76. The molecule has 3 heterocycles. The van der Waals surface area contributed by atoms with Crippen LogP contribution in [0.2, 0.25) is 0 Å². The number of hydrogen-bond acceptors (Lipinski definition) is 14. The summed E-state index contributed by atoms with van der Waals surface area (Å²) in [6, 6.07) is 6.07. The fourth-order valence-corrected chi connectivity index (χ4v) is 10.8. The van der Waals surface area contributed by atoms with E-state index in [1.54, 1.807) is 82.3 Å². The molecule has 0 unspecified atom stereocenters. The Bertz CT molecular complexity index is 2610. The Hall–Kier alpha value is -7.03. The van der Waals surface area contributed by atoms with Crippen LogP contribution in [0.4, 0.5) is 0 Å². The van der Waals surface area contributed by atoms with Gasteiger partial charge in [-0.05, 0) is 74.7 Å². The summed E-state index contributed by atoms with van der Waals surface area (Å²) < 4.78 is 11.9. The third-order valence-electron chi connectivity index (χ3n) is 15.7. The lowest BCUT2D eigenvalue weighted by molar-refractivity contribution is -0.162. The van der Waals surface area contributed by atoms with Gasteiger partial charge in [0.15, 0.2) is 11.9 Å². The maximum absolute atomic E-state index is 15.1. The number of carbonyl (C=O) groups is 11. The number of Topliss-reactive ketones (excluding diaryl/α,β-unsaturated/α-hetero) is 1. The first-order valence-electron chi connectivity index (χ1n) is 28.5. The second kappa shape index (κ2) is 29.1. The van der Waals surface area contributed by atoms with Crippen LogP contribution in [0.25, 0.3) is 0 Å². The molecule has 21 nitrogen and oxygen atoms in total. The van der Waals surface area contributed by atoms with Crippen molar-refractivity contribution in [3.63, 3.8) is 0 Å². The van der Waals surface area contributed by atoms with Crippen LogP contribution in [-0.4, -0.2) is 177 Å². The number of aliphatic hydroxyl groups excluding tert-OH is 1. The largest absolute Gasteiger partial charge is 0.458 e. The van der Waals surface area contributed by atoms with Crippen LogP contribution in [0.5, 0.6) is 0 Å². The molecule has 3 saturated heterocycles. The fraction of sp³-hybridized carbons (Fsp3) is 0.617. The number of cyclic esters (lactones) is 2. The number of ether oxygens (including phenoxy) is 2. The van der Waals surface area contributed by atoms with Gasteiger partial charge in [0.05, 0.1) is 18.6 Å². The zero-order valence-electron chi connectivity index (χ0n) is 49.1. The molecule has 21 heteroatoms. The number of aliphatic hydroxyl groups is 1. The minimum absolute atomic E-state index is 0.0549. The van der Waals surface area contributed by atoms with Crippen molar-refractivity contribution < 1.29 is 67.3 Å². The monoisotopic (exact) mass is 1130 g/mol. The second-order valence-corrected chi connectivity index (χ2v) is 23.2. The number of nitrogens with zero attached hydrogens (tertiary/aromatic N) is 4. The number of hydrogen-bond donors (Lipinski definition) is 4. The van der Waals surface area contributed by atoms with Gasteiger partial charge in [0.1, 0.15) is 42.4 Å². The van der Waals surface area contributed by atoms with Crippen molar-refractivity contribution >= 4 is 64.9 Å². The summed E-state index contributed by atoms with van der Waals surface area (Å²) >= 11 is 0. The molecular formula is C60H85N7O14. The van der Waals surface area contributed by atoms with Gasteiger partial charge in [-0.2, -0.15) is 0 Å². The van der Waals surface area contributed by atoms with Crippen molar-refractivity contribution in [2.75, 3.05) is 27.2 Å². The first kappa shape index (κ1) is 64.8. The van der Waals surface area contributed by atoms with E-state index in [-0.39, 0.29) is 62.8 Å². The van der Waals surface area contributed by atoms with E-state index in [1.165, 1.54) is 40.6 Å². The van der Waals surface area contributed by atoms with Crippen molar-refractivity contribution in [1.82, 2.24) is 35.6 Å². The zero-order valence-corrected chi connectivity index (χ0v) is 49.1. The van der Waals surface area contributed by atoms with Gasteiger partial charge >= 0.3 is 11.9 Å². The van der Waals surface area contributed by atoms with Gasteiger partial charge in [-0.1, -0.05) is 116 Å². The molecule has 0 aromatic heterocycles. The summed E-state index contributed by atoms with van der Waals surface area (Å²) in [6.07, 6.45) is -3.68. The van der Waals surface area contributed by atoms with Gasteiger partial charge in [0.2, 0.25) is 35.3 Å². The van der Waals surface area contributed by atoms with Crippen molar-refractivity contribution in [3.8, 4) is 0 Å². The van der Waals surface area contributed by atoms with Crippen LogP contribution < -0.4 is 16.0 Å². The zero-order chi connectivity index (χ0) is 60.2. The van der Waals surface area contributed by atoms with Gasteiger partial charge in [-0.3, -0.25) is 47.9 Å². The number of amides is 7. The highest BCUT2D eigenvalue weighted by Gasteiger charge is 2.46. The molecule has 0 radical (unpaired) electrons. The molecular weight excluding hydrogens is 1040 g/mol. The molecule has 3 aliphatic heterocycles. The van der Waals surface area contributed by atoms with Crippen LogP contribution in [0, 0.1) is 23.7 Å². The average Bonchev–Trinajstić information content (AvgIpc) is 4.16. The minimum atomic E-state index is -1.78. The van der Waals surface area contributed by atoms with E-state index in [4.69, 9.17) is 9.47 Å². The lowest BCUT2D eigenvalue weighted by Gasteiger charge is -2.36. The third kappa shape index (κ3) is 16.6. The number of esters is 2. The SMILES string of the molecule is CC[C@H](C)[C@@H]1NC(=O)[C@H](NC(=O)[C@@H](CC(C)C)N(C)C(=O)[C@@H]2CCCN2C(=O)C(C)=O)[C@H](C)OC(=O)[C@H](Cc2ccc(C(=O)c3ccccc3)cc2)N(C)C(=O)[C@@H]2CCCN2C(=O)[C@H](CC(C)C)NC(=O)[C@H](C(C)C)OC(=O)C[C@@H]1O. The highest BCUT2D eigenvalue weighted by atomic mass is 16.6. The lowest BCUT2D eigenvalue weighted by Crippen LogP contribution is -2.62. The average molecular weight is 1130 g/mol. The standard InChI is InChI=1S/C60H85N7O14/c1-13-36(8)49-47(69)32-48(70)81-52(35(6)7)55(74)61-42(29-33(2)3)57(76)67-28-18-22-44(67)59(78)65(12)46(31-39-23-25-41(26-24-39)51(71)40-19-15-14-16-20-40)60(79)80-38(10)50(54(73)62-49)63-53(72)45(30-34(4)5)64(11)58(77)43-21-17-27-66(43)56(75)37(9)68/h14-16,19-20,23-26,33-36,38,42-47,49-50,52,69H,13,17-18,21-22,27-32H2,1-12H3,(H,61,74)(H,62,73)(H,63,72)/t36-,38-,42-,43-,44-,45+,46-,47-,49-,50+,52-/m0/s1. The predicted molar refractivity (Wildman–Crippen MR) is 298 cm³/mol. The minimum Gasteiger partial charge on any atom is -0.458 e. The highest BCUT2D eigenvalue weighted by molar-refractivity contribution is 6.35. The summed E-state index contributed by atoms with van der Waals surface area (Å²) in [4.78, 5) is 160. The van der Waals surface area contributed by atoms with Crippen LogP contribution in [0.1, 0.15) is 142 Å². The number of benzene rings is 2. The Morgan fingerprint density at radius 3 is 2.02 bits per heavy atom. The maximum Gasteiger partial charge on any atom is 0.329 e. The number of nitrogens with one attached hydrogen (secondary N) is 3. The number of likely N-dealkylation sites (N-methyl/N-ethyl adjacent to an activating group) is 2. The molecule has 81 heavy (non-hydrogen) atoms. The molecule has 0 aliphatic carbocycles. The van der Waals surface area contributed by atoms with Crippen molar-refractivity contribution in [2.24, 2.45) is 23.7 Å². The smallest absolute Gasteiger partial charge is 0.329 e. The first-order chi connectivity index (χ1) is 38.2. The van der Waals surface area contributed by atoms with Gasteiger partial charge in [0.25, 0.3) is 11.8 Å². The van der Waals surface area contributed by atoms with Gasteiger partial charge in [-0.15, -0.1) is 0 Å². The van der Waals surface area contributed by atoms with E-state index in [0.29, 0.717) is 36.0 Å². The molecule has 0 bridgehead atoms. The Balaban J connectivity index is 1.62. The molecule has 2 aromatic rings. The van der Waals surface area contributed by atoms with E-state index >= 15 is 9.59 Å². The van der Waals surface area contributed by atoms with Crippen molar-refractivity contribution in [2.45, 2.75) is 188 Å². The fourth-order valence-electron chi connectivity index (χ4n) is 10.8. The molecule has 11 atom stereocenters. The molecule has 0 spiro atoms. The molecule has 5 rings (SSSR count). The van der Waals surface area contributed by atoms with Crippen LogP contribution in [-0.2, 0) is 63.8 Å². The molecule has 2 aromatic carbocycles. The normalized spacial score (nSPS) is 25.5. The Kier molecular flexibility index (Phi) is 23.3. The molecule has 3 aliphatic rings. The lowest BCUT2D eigenvalue weighted by atomic mass is 9.92. The number of carbonyl (C=O) groups excluding carboxylic acids is 11.